The lowest BCUT2D eigenvalue weighted by Gasteiger charge is -2.18. The number of hydrogen-bond donors (Lipinski definition) is 0. The molecule has 1 atom stereocenters. The third-order valence-corrected chi connectivity index (χ3v) is 5.40. The molecule has 0 amide bonds. The van der Waals surface area contributed by atoms with Gasteiger partial charge in [-0.2, -0.15) is 0 Å². The van der Waals surface area contributed by atoms with Crippen molar-refractivity contribution in [3.05, 3.63) is 29.8 Å². The first kappa shape index (κ1) is 17.3. The summed E-state index contributed by atoms with van der Waals surface area (Å²) in [7, 11) is -0.437. The molecule has 0 aliphatic rings. The fourth-order valence-corrected chi connectivity index (χ4v) is 3.72. The minimum absolute atomic E-state index is 0.437. The molecule has 0 bridgehead atoms. The van der Waals surface area contributed by atoms with E-state index in [1.807, 2.05) is 6.92 Å². The van der Waals surface area contributed by atoms with Crippen LogP contribution in [0.3, 0.4) is 0 Å². The van der Waals surface area contributed by atoms with Crippen LogP contribution >= 0.6 is 0 Å². The largest absolute Gasteiger partial charge is 0.494 e. The number of rotatable bonds is 10. The highest BCUT2D eigenvalue weighted by atomic mass is 28.3. The lowest BCUT2D eigenvalue weighted by molar-refractivity contribution is 0.340. The Kier molecular flexibility index (Phi) is 8.67. The molecule has 2 heteroatoms. The third-order valence-electron chi connectivity index (χ3n) is 3.91. The van der Waals surface area contributed by atoms with Gasteiger partial charge in [-0.25, -0.2) is 0 Å². The first-order chi connectivity index (χ1) is 9.67. The van der Waals surface area contributed by atoms with Gasteiger partial charge in [0.2, 0.25) is 0 Å². The van der Waals surface area contributed by atoms with E-state index in [2.05, 4.69) is 44.3 Å². The second-order valence-electron chi connectivity index (χ2n) is 6.17. The van der Waals surface area contributed by atoms with E-state index in [0.717, 1.165) is 18.3 Å². The van der Waals surface area contributed by atoms with Crippen molar-refractivity contribution in [3.63, 3.8) is 0 Å². The Morgan fingerprint density at radius 2 is 1.70 bits per heavy atom. The minimum atomic E-state index is -0.437. The van der Waals surface area contributed by atoms with E-state index in [9.17, 15) is 0 Å². The van der Waals surface area contributed by atoms with E-state index in [-0.39, 0.29) is 0 Å². The molecule has 1 aromatic rings. The molecular weight excluding hydrogens is 260 g/mol. The Labute approximate surface area is 127 Å². The van der Waals surface area contributed by atoms with Gasteiger partial charge >= 0.3 is 0 Å². The van der Waals surface area contributed by atoms with E-state index in [4.69, 9.17) is 4.74 Å². The average molecular weight is 293 g/mol. The summed E-state index contributed by atoms with van der Waals surface area (Å²) in [4.78, 5) is 0. The maximum atomic E-state index is 5.54. The zero-order valence-electron chi connectivity index (χ0n) is 13.8. The van der Waals surface area contributed by atoms with Crippen molar-refractivity contribution in [3.8, 4) is 5.75 Å². The molecule has 1 unspecified atom stereocenters. The lowest BCUT2D eigenvalue weighted by Crippen LogP contribution is -2.05. The van der Waals surface area contributed by atoms with E-state index in [1.54, 1.807) is 0 Å². The fraction of sp³-hybridized carbons (Fsp3) is 0.667. The Hall–Kier alpha value is -0.763. The van der Waals surface area contributed by atoms with Crippen LogP contribution in [0.25, 0.3) is 0 Å². The quantitative estimate of drug-likeness (QED) is 0.401. The standard InChI is InChI=1S/C18H32OSi/c1-5-7-8-9-16(14-15-20(3)4)17-10-12-18(13-11-17)19-6-2/h10-13,16,20H,5-9,14-15H2,1-4H3. The maximum absolute atomic E-state index is 5.54. The van der Waals surface area contributed by atoms with Gasteiger partial charge in [-0.05, 0) is 43.4 Å². The van der Waals surface area contributed by atoms with Gasteiger partial charge in [-0.1, -0.05) is 57.5 Å². The number of hydrogen-bond acceptors (Lipinski definition) is 1. The van der Waals surface area contributed by atoms with Crippen LogP contribution in [0, 0.1) is 0 Å². The van der Waals surface area contributed by atoms with Crippen molar-refractivity contribution in [2.45, 2.75) is 71.0 Å². The second kappa shape index (κ2) is 10.0. The van der Waals surface area contributed by atoms with Crippen LogP contribution in [0.5, 0.6) is 5.75 Å². The van der Waals surface area contributed by atoms with Crippen LogP contribution in [0.1, 0.15) is 57.4 Å². The highest BCUT2D eigenvalue weighted by Crippen LogP contribution is 2.29. The number of ether oxygens (including phenoxy) is 1. The summed E-state index contributed by atoms with van der Waals surface area (Å²) in [6, 6.07) is 10.3. The molecule has 0 fully saturated rings. The molecular formula is C18H32OSi. The summed E-state index contributed by atoms with van der Waals surface area (Å²) in [6.45, 7) is 9.99. The summed E-state index contributed by atoms with van der Waals surface area (Å²) >= 11 is 0. The Balaban J connectivity index is 2.64. The maximum Gasteiger partial charge on any atom is 0.119 e. The van der Waals surface area contributed by atoms with Crippen molar-refractivity contribution >= 4 is 8.80 Å². The van der Waals surface area contributed by atoms with Crippen molar-refractivity contribution < 1.29 is 4.74 Å². The molecule has 0 saturated carbocycles. The van der Waals surface area contributed by atoms with Crippen LogP contribution in [-0.4, -0.2) is 15.4 Å². The van der Waals surface area contributed by atoms with E-state index in [1.165, 1.54) is 43.7 Å². The van der Waals surface area contributed by atoms with Crippen LogP contribution in [-0.2, 0) is 0 Å². The molecule has 1 nitrogen and oxygen atoms in total. The Morgan fingerprint density at radius 1 is 1.00 bits per heavy atom. The van der Waals surface area contributed by atoms with Crippen molar-refractivity contribution in [2.75, 3.05) is 6.61 Å². The van der Waals surface area contributed by atoms with Crippen molar-refractivity contribution in [1.82, 2.24) is 0 Å². The molecule has 0 spiro atoms. The summed E-state index contributed by atoms with van der Waals surface area (Å²) in [5.74, 6) is 1.76. The van der Waals surface area contributed by atoms with Crippen molar-refractivity contribution in [2.24, 2.45) is 0 Å². The van der Waals surface area contributed by atoms with Gasteiger partial charge in [-0.3, -0.25) is 0 Å². The van der Waals surface area contributed by atoms with Crippen molar-refractivity contribution in [1.29, 1.82) is 0 Å². The summed E-state index contributed by atoms with van der Waals surface area (Å²) in [6.07, 6.45) is 6.78. The van der Waals surface area contributed by atoms with Crippen LogP contribution < -0.4 is 4.74 Å². The predicted octanol–water partition coefficient (Wildman–Crippen LogP) is 5.63. The molecule has 20 heavy (non-hydrogen) atoms. The van der Waals surface area contributed by atoms with Gasteiger partial charge in [0, 0.05) is 8.80 Å². The molecule has 0 heterocycles. The number of benzene rings is 1. The molecule has 1 rings (SSSR count). The van der Waals surface area contributed by atoms with Gasteiger partial charge in [0.25, 0.3) is 0 Å². The third kappa shape index (κ3) is 6.60. The molecule has 0 N–H and O–H groups in total. The molecule has 1 aromatic carbocycles. The first-order valence-corrected chi connectivity index (χ1v) is 11.5. The minimum Gasteiger partial charge on any atom is -0.494 e. The highest BCUT2D eigenvalue weighted by molar-refractivity contribution is 6.55. The Bertz CT molecular complexity index is 345. The zero-order valence-corrected chi connectivity index (χ0v) is 15.0. The van der Waals surface area contributed by atoms with Crippen LogP contribution in [0.2, 0.25) is 19.1 Å². The molecule has 0 saturated heterocycles. The van der Waals surface area contributed by atoms with Gasteiger partial charge < -0.3 is 4.74 Å². The first-order valence-electron chi connectivity index (χ1n) is 8.40. The van der Waals surface area contributed by atoms with E-state index >= 15 is 0 Å². The van der Waals surface area contributed by atoms with Gasteiger partial charge in [-0.15, -0.1) is 0 Å². The fourth-order valence-electron chi connectivity index (χ4n) is 2.66. The number of unbranched alkanes of at least 4 members (excludes halogenated alkanes) is 2. The normalized spacial score (nSPS) is 12.7. The topological polar surface area (TPSA) is 9.23 Å². The average Bonchev–Trinajstić information content (AvgIpc) is 2.44. The molecule has 0 radical (unpaired) electrons. The van der Waals surface area contributed by atoms with Gasteiger partial charge in [0.15, 0.2) is 0 Å². The summed E-state index contributed by atoms with van der Waals surface area (Å²) in [5.41, 5.74) is 1.51. The van der Waals surface area contributed by atoms with Gasteiger partial charge in [0.05, 0.1) is 6.61 Å². The SMILES string of the molecule is CCCCCC(CC[SiH](C)C)c1ccc(OCC)cc1. The second-order valence-corrected chi connectivity index (χ2v) is 9.53. The van der Waals surface area contributed by atoms with E-state index < -0.39 is 8.80 Å². The zero-order chi connectivity index (χ0) is 14.8. The van der Waals surface area contributed by atoms with Crippen LogP contribution in [0.15, 0.2) is 24.3 Å². The summed E-state index contributed by atoms with van der Waals surface area (Å²) < 4.78 is 5.54. The Morgan fingerprint density at radius 3 is 2.25 bits per heavy atom. The summed E-state index contributed by atoms with van der Waals surface area (Å²) in [5, 5.41) is 0. The smallest absolute Gasteiger partial charge is 0.119 e. The highest BCUT2D eigenvalue weighted by Gasteiger charge is 2.12. The van der Waals surface area contributed by atoms with Gasteiger partial charge in [0.1, 0.15) is 5.75 Å². The molecule has 0 aliphatic carbocycles. The molecule has 0 aromatic heterocycles. The monoisotopic (exact) mass is 292 g/mol. The lowest BCUT2D eigenvalue weighted by atomic mass is 9.91. The molecule has 0 aliphatic heterocycles. The predicted molar refractivity (Wildman–Crippen MR) is 92.8 cm³/mol. The van der Waals surface area contributed by atoms with E-state index in [0.29, 0.717) is 0 Å². The molecule has 114 valence electrons. The van der Waals surface area contributed by atoms with Crippen LogP contribution in [0.4, 0.5) is 0 Å².